The van der Waals surface area contributed by atoms with Crippen LogP contribution in [0.5, 0.6) is 0 Å². The molecular weight excluding hydrogens is 226 g/mol. The molecule has 0 radical (unpaired) electrons. The minimum Gasteiger partial charge on any atom is -0.379 e. The van der Waals surface area contributed by atoms with Gasteiger partial charge in [0.1, 0.15) is 12.6 Å². The number of fused-ring (bicyclic) bond motifs is 1. The second-order valence-electron chi connectivity index (χ2n) is 4.46. The number of imide groups is 1. The van der Waals surface area contributed by atoms with E-state index in [2.05, 4.69) is 5.32 Å². The lowest BCUT2D eigenvalue weighted by atomic mass is 10.2. The Bertz CT molecular complexity index is 391. The average Bonchev–Trinajstić information content (AvgIpc) is 2.88. The Hall–Kier alpha value is -1.63. The van der Waals surface area contributed by atoms with Gasteiger partial charge >= 0.3 is 6.03 Å². The number of carbonyl (C=O) groups excluding carboxylic acids is 3. The summed E-state index contributed by atoms with van der Waals surface area (Å²) in [5.74, 6) is -0.433. The number of nitrogens with one attached hydrogen (secondary N) is 1. The molecule has 0 aromatic rings. The molecule has 0 aromatic carbocycles. The second kappa shape index (κ2) is 3.69. The van der Waals surface area contributed by atoms with Gasteiger partial charge < -0.3 is 15.0 Å². The lowest BCUT2D eigenvalue weighted by Crippen LogP contribution is -2.54. The molecule has 3 fully saturated rings. The lowest BCUT2D eigenvalue weighted by molar-refractivity contribution is -0.131. The van der Waals surface area contributed by atoms with Gasteiger partial charge in [0.25, 0.3) is 5.91 Å². The molecule has 0 spiro atoms. The first-order chi connectivity index (χ1) is 8.18. The summed E-state index contributed by atoms with van der Waals surface area (Å²) in [7, 11) is 0. The maximum absolute atomic E-state index is 12.1. The van der Waals surface area contributed by atoms with Crippen molar-refractivity contribution in [2.75, 3.05) is 26.3 Å². The first kappa shape index (κ1) is 10.5. The van der Waals surface area contributed by atoms with Crippen LogP contribution < -0.4 is 5.32 Å². The normalized spacial score (nSPS) is 33.1. The van der Waals surface area contributed by atoms with Crippen molar-refractivity contribution in [1.29, 1.82) is 0 Å². The molecule has 7 nitrogen and oxygen atoms in total. The van der Waals surface area contributed by atoms with Gasteiger partial charge in [-0.05, 0) is 6.42 Å². The molecule has 3 aliphatic heterocycles. The van der Waals surface area contributed by atoms with E-state index in [-0.39, 0.29) is 37.0 Å². The summed E-state index contributed by atoms with van der Waals surface area (Å²) in [6.07, 6.45) is 0.680. The summed E-state index contributed by atoms with van der Waals surface area (Å²) in [5, 5.41) is 2.60. The van der Waals surface area contributed by atoms with E-state index in [9.17, 15) is 14.4 Å². The van der Waals surface area contributed by atoms with Crippen LogP contribution in [0.15, 0.2) is 0 Å². The number of hydrogen-bond acceptors (Lipinski definition) is 4. The van der Waals surface area contributed by atoms with Crippen LogP contribution >= 0.6 is 0 Å². The first-order valence-corrected chi connectivity index (χ1v) is 5.66. The summed E-state index contributed by atoms with van der Waals surface area (Å²) < 4.78 is 5.19. The quantitative estimate of drug-likeness (QED) is 0.567. The van der Waals surface area contributed by atoms with Gasteiger partial charge in [0.05, 0.1) is 12.6 Å². The molecular formula is C10H13N3O4. The van der Waals surface area contributed by atoms with E-state index >= 15 is 0 Å². The number of urea groups is 1. The van der Waals surface area contributed by atoms with Crippen LogP contribution in [0.3, 0.4) is 0 Å². The van der Waals surface area contributed by atoms with E-state index in [4.69, 9.17) is 4.74 Å². The van der Waals surface area contributed by atoms with Crippen molar-refractivity contribution in [3.8, 4) is 0 Å². The van der Waals surface area contributed by atoms with E-state index in [0.29, 0.717) is 19.6 Å². The van der Waals surface area contributed by atoms with Crippen LogP contribution in [0.4, 0.5) is 4.79 Å². The topological polar surface area (TPSA) is 79.0 Å². The van der Waals surface area contributed by atoms with Crippen molar-refractivity contribution in [2.24, 2.45) is 0 Å². The van der Waals surface area contributed by atoms with Gasteiger partial charge in [-0.15, -0.1) is 0 Å². The van der Waals surface area contributed by atoms with E-state index < -0.39 is 6.04 Å². The maximum Gasteiger partial charge on any atom is 0.328 e. The fourth-order valence-electron chi connectivity index (χ4n) is 2.52. The summed E-state index contributed by atoms with van der Waals surface area (Å²) in [6.45, 7) is 1.16. The third kappa shape index (κ3) is 1.49. The van der Waals surface area contributed by atoms with Gasteiger partial charge in [-0.25, -0.2) is 4.79 Å². The minimum absolute atomic E-state index is 0.0285. The number of ether oxygens (including phenoxy) is 1. The highest BCUT2D eigenvalue weighted by atomic mass is 16.5. The predicted octanol–water partition coefficient (Wildman–Crippen LogP) is -1.46. The van der Waals surface area contributed by atoms with E-state index in [0.717, 1.165) is 0 Å². The van der Waals surface area contributed by atoms with Crippen molar-refractivity contribution in [3.63, 3.8) is 0 Å². The molecule has 3 heterocycles. The number of nitrogens with zero attached hydrogens (tertiary/aromatic N) is 2. The zero-order valence-corrected chi connectivity index (χ0v) is 9.22. The number of amides is 4. The average molecular weight is 239 g/mol. The zero-order chi connectivity index (χ0) is 12.0. The number of piperazine rings is 1. The van der Waals surface area contributed by atoms with E-state index in [1.165, 1.54) is 9.80 Å². The van der Waals surface area contributed by atoms with Crippen molar-refractivity contribution >= 4 is 17.8 Å². The van der Waals surface area contributed by atoms with Crippen LogP contribution in [0.2, 0.25) is 0 Å². The van der Waals surface area contributed by atoms with Crippen molar-refractivity contribution < 1.29 is 19.1 Å². The number of rotatable bonds is 1. The van der Waals surface area contributed by atoms with Gasteiger partial charge in [0, 0.05) is 13.2 Å². The monoisotopic (exact) mass is 239 g/mol. The van der Waals surface area contributed by atoms with Gasteiger partial charge in [0.15, 0.2) is 0 Å². The smallest absolute Gasteiger partial charge is 0.328 e. The molecule has 2 atom stereocenters. The molecule has 7 heteroatoms. The Morgan fingerprint density at radius 3 is 2.82 bits per heavy atom. The van der Waals surface area contributed by atoms with Crippen LogP contribution in [0.1, 0.15) is 6.42 Å². The Morgan fingerprint density at radius 2 is 2.12 bits per heavy atom. The Labute approximate surface area is 97.7 Å². The van der Waals surface area contributed by atoms with Gasteiger partial charge in [-0.2, -0.15) is 0 Å². The van der Waals surface area contributed by atoms with Crippen LogP contribution in [0.25, 0.3) is 0 Å². The highest BCUT2D eigenvalue weighted by Crippen LogP contribution is 2.24. The van der Waals surface area contributed by atoms with Crippen molar-refractivity contribution in [3.05, 3.63) is 0 Å². The van der Waals surface area contributed by atoms with E-state index in [1.807, 2.05) is 0 Å². The lowest BCUT2D eigenvalue weighted by Gasteiger charge is -2.26. The maximum atomic E-state index is 12.1. The zero-order valence-electron chi connectivity index (χ0n) is 9.22. The Morgan fingerprint density at radius 1 is 1.29 bits per heavy atom. The van der Waals surface area contributed by atoms with Crippen molar-refractivity contribution in [2.45, 2.75) is 18.5 Å². The molecule has 0 bridgehead atoms. The van der Waals surface area contributed by atoms with Gasteiger partial charge in [-0.3, -0.25) is 14.5 Å². The predicted molar refractivity (Wildman–Crippen MR) is 55.0 cm³/mol. The first-order valence-electron chi connectivity index (χ1n) is 5.66. The van der Waals surface area contributed by atoms with Gasteiger partial charge in [-0.1, -0.05) is 0 Å². The molecule has 4 amide bonds. The highest BCUT2D eigenvalue weighted by molar-refractivity contribution is 6.07. The van der Waals surface area contributed by atoms with Gasteiger partial charge in [0.2, 0.25) is 5.91 Å². The fraction of sp³-hybridized carbons (Fsp3) is 0.700. The Kier molecular flexibility index (Phi) is 2.29. The molecule has 2 unspecified atom stereocenters. The largest absolute Gasteiger partial charge is 0.379 e. The van der Waals surface area contributed by atoms with Crippen molar-refractivity contribution in [1.82, 2.24) is 15.1 Å². The molecule has 0 aliphatic carbocycles. The summed E-state index contributed by atoms with van der Waals surface area (Å²) in [5.41, 5.74) is 0. The minimum atomic E-state index is -0.527. The number of carbonyl (C=O) groups is 3. The number of hydrogen-bond donors (Lipinski definition) is 1. The molecule has 3 saturated heterocycles. The second-order valence-corrected chi connectivity index (χ2v) is 4.46. The third-order valence-corrected chi connectivity index (χ3v) is 3.43. The molecule has 0 aromatic heterocycles. The fourth-order valence-corrected chi connectivity index (χ4v) is 2.52. The van der Waals surface area contributed by atoms with Crippen LogP contribution in [-0.2, 0) is 14.3 Å². The molecule has 1 N–H and O–H groups in total. The van der Waals surface area contributed by atoms with Crippen LogP contribution in [0, 0.1) is 0 Å². The summed E-state index contributed by atoms with van der Waals surface area (Å²) in [6, 6.07) is -1.05. The molecule has 3 rings (SSSR count). The summed E-state index contributed by atoms with van der Waals surface area (Å²) in [4.78, 5) is 38.0. The van der Waals surface area contributed by atoms with Crippen LogP contribution in [-0.4, -0.2) is 66.0 Å². The summed E-state index contributed by atoms with van der Waals surface area (Å²) >= 11 is 0. The third-order valence-electron chi connectivity index (χ3n) is 3.43. The molecule has 17 heavy (non-hydrogen) atoms. The van der Waals surface area contributed by atoms with E-state index in [1.54, 1.807) is 0 Å². The molecule has 0 saturated carbocycles. The SMILES string of the molecule is O=C1CN2C(=O)N(C3CCOC3)C(=O)C2CN1. The molecule has 3 aliphatic rings. The highest BCUT2D eigenvalue weighted by Gasteiger charge is 2.50. The Balaban J connectivity index is 1.84. The standard InChI is InChI=1S/C10H13N3O4/c14-8-4-12-7(3-11-8)9(15)13(10(12)16)6-1-2-17-5-6/h6-7H,1-5H2,(H,11,14). The molecule has 92 valence electrons.